The number of rotatable bonds is 7. The summed E-state index contributed by atoms with van der Waals surface area (Å²) in [5, 5.41) is 0. The first kappa shape index (κ1) is 21.9. The standard InChI is InChI=1S/C25H48OSi/c1-26-27(20-23-14-8-2-3-9-15-23,21-24-16-10-4-5-11-17-24)22-25-18-12-6-7-13-19-25/h23-25H,2-22H2,1H3. The lowest BCUT2D eigenvalue weighted by Gasteiger charge is -2.38. The molecule has 0 spiro atoms. The second kappa shape index (κ2) is 12.0. The molecule has 0 aliphatic heterocycles. The molecule has 0 bridgehead atoms. The van der Waals surface area contributed by atoms with Gasteiger partial charge in [0, 0.05) is 7.11 Å². The number of hydrogen-bond donors (Lipinski definition) is 0. The Hall–Kier alpha value is 0.177. The van der Waals surface area contributed by atoms with Gasteiger partial charge in [0.05, 0.1) is 0 Å². The van der Waals surface area contributed by atoms with E-state index in [4.69, 9.17) is 4.43 Å². The van der Waals surface area contributed by atoms with Crippen molar-refractivity contribution in [3.05, 3.63) is 0 Å². The van der Waals surface area contributed by atoms with Gasteiger partial charge in [-0.3, -0.25) is 0 Å². The Kier molecular flexibility index (Phi) is 9.73. The van der Waals surface area contributed by atoms with Crippen LogP contribution in [0, 0.1) is 17.8 Å². The van der Waals surface area contributed by atoms with Crippen molar-refractivity contribution in [2.24, 2.45) is 17.8 Å². The summed E-state index contributed by atoms with van der Waals surface area (Å²) in [5.74, 6) is 2.99. The first-order chi connectivity index (χ1) is 13.3. The fourth-order valence-electron chi connectivity index (χ4n) is 6.78. The van der Waals surface area contributed by atoms with E-state index in [0.717, 1.165) is 17.8 Å². The zero-order valence-electron chi connectivity index (χ0n) is 18.5. The van der Waals surface area contributed by atoms with Gasteiger partial charge in [-0.2, -0.15) is 0 Å². The highest BCUT2D eigenvalue weighted by Crippen LogP contribution is 2.42. The molecular formula is C25H48OSi. The van der Waals surface area contributed by atoms with Crippen molar-refractivity contribution in [1.29, 1.82) is 0 Å². The van der Waals surface area contributed by atoms with Crippen molar-refractivity contribution in [3.8, 4) is 0 Å². The van der Waals surface area contributed by atoms with Crippen LogP contribution in [0.5, 0.6) is 0 Å². The van der Waals surface area contributed by atoms with E-state index in [9.17, 15) is 0 Å². The quantitative estimate of drug-likeness (QED) is 0.312. The lowest BCUT2D eigenvalue weighted by atomic mass is 10.0. The van der Waals surface area contributed by atoms with Crippen molar-refractivity contribution in [3.63, 3.8) is 0 Å². The molecule has 0 amide bonds. The zero-order valence-corrected chi connectivity index (χ0v) is 19.5. The highest BCUT2D eigenvalue weighted by molar-refractivity contribution is 6.74. The molecule has 0 aromatic carbocycles. The predicted molar refractivity (Wildman–Crippen MR) is 121 cm³/mol. The molecule has 0 aromatic rings. The van der Waals surface area contributed by atoms with Gasteiger partial charge in [0.25, 0.3) is 0 Å². The Balaban J connectivity index is 1.69. The van der Waals surface area contributed by atoms with Crippen LogP contribution >= 0.6 is 0 Å². The van der Waals surface area contributed by atoms with E-state index in [2.05, 4.69) is 7.11 Å². The van der Waals surface area contributed by atoms with Gasteiger partial charge in [-0.15, -0.1) is 0 Å². The van der Waals surface area contributed by atoms with Crippen LogP contribution in [0.4, 0.5) is 0 Å². The lowest BCUT2D eigenvalue weighted by Crippen LogP contribution is -2.43. The summed E-state index contributed by atoms with van der Waals surface area (Å²) in [6.07, 6.45) is 26.9. The molecule has 3 rings (SSSR count). The van der Waals surface area contributed by atoms with Gasteiger partial charge in [-0.25, -0.2) is 0 Å². The van der Waals surface area contributed by atoms with Gasteiger partial charge >= 0.3 is 0 Å². The molecule has 0 radical (unpaired) electrons. The largest absolute Gasteiger partial charge is 0.420 e. The van der Waals surface area contributed by atoms with Crippen LogP contribution in [0.1, 0.15) is 116 Å². The van der Waals surface area contributed by atoms with Crippen LogP contribution in [0.25, 0.3) is 0 Å². The summed E-state index contributed by atoms with van der Waals surface area (Å²) < 4.78 is 6.71. The van der Waals surface area contributed by atoms with Gasteiger partial charge in [0.15, 0.2) is 8.32 Å². The molecule has 3 saturated carbocycles. The summed E-state index contributed by atoms with van der Waals surface area (Å²) in [6.45, 7) is 0. The molecule has 0 unspecified atom stereocenters. The summed E-state index contributed by atoms with van der Waals surface area (Å²) in [6, 6.07) is 4.53. The Morgan fingerprint density at radius 1 is 0.481 bits per heavy atom. The minimum Gasteiger partial charge on any atom is -0.420 e. The Bertz CT molecular complexity index is 317. The zero-order chi connectivity index (χ0) is 18.8. The maximum absolute atomic E-state index is 6.71. The third-order valence-corrected chi connectivity index (χ3v) is 13.2. The van der Waals surface area contributed by atoms with E-state index in [1.54, 1.807) is 0 Å². The molecule has 1 nitrogen and oxygen atoms in total. The average molecular weight is 393 g/mol. The summed E-state index contributed by atoms with van der Waals surface area (Å²) in [5.41, 5.74) is 0. The molecule has 27 heavy (non-hydrogen) atoms. The van der Waals surface area contributed by atoms with Crippen molar-refractivity contribution in [2.45, 2.75) is 134 Å². The van der Waals surface area contributed by atoms with Crippen LogP contribution in [0.2, 0.25) is 18.1 Å². The van der Waals surface area contributed by atoms with Gasteiger partial charge in [0.1, 0.15) is 0 Å². The fraction of sp³-hybridized carbons (Fsp3) is 1.00. The third kappa shape index (κ3) is 7.50. The number of hydrogen-bond acceptors (Lipinski definition) is 1. The maximum atomic E-state index is 6.71. The third-order valence-electron chi connectivity index (χ3n) is 8.34. The van der Waals surface area contributed by atoms with E-state index >= 15 is 0 Å². The average Bonchev–Trinajstić information content (AvgIpc) is 3.18. The molecule has 3 aliphatic rings. The van der Waals surface area contributed by atoms with E-state index in [1.807, 2.05) is 0 Å². The first-order valence-electron chi connectivity index (χ1n) is 12.8. The van der Waals surface area contributed by atoms with E-state index in [-0.39, 0.29) is 0 Å². The van der Waals surface area contributed by atoms with Crippen molar-refractivity contribution >= 4 is 8.32 Å². The van der Waals surface area contributed by atoms with Crippen molar-refractivity contribution in [2.75, 3.05) is 7.11 Å². The van der Waals surface area contributed by atoms with E-state index < -0.39 is 8.32 Å². The molecule has 0 N–H and O–H groups in total. The topological polar surface area (TPSA) is 9.23 Å². The Morgan fingerprint density at radius 3 is 0.963 bits per heavy atom. The van der Waals surface area contributed by atoms with Gasteiger partial charge in [-0.1, -0.05) is 116 Å². The molecule has 0 heterocycles. The normalized spacial score (nSPS) is 25.7. The SMILES string of the molecule is CO[Si](CC1CCCCCC1)(CC1CCCCCC1)CC1CCCCCC1. The van der Waals surface area contributed by atoms with Crippen LogP contribution in [-0.2, 0) is 4.43 Å². The highest BCUT2D eigenvalue weighted by Gasteiger charge is 2.40. The fourth-order valence-corrected chi connectivity index (χ4v) is 12.2. The van der Waals surface area contributed by atoms with Crippen LogP contribution < -0.4 is 0 Å². The van der Waals surface area contributed by atoms with Gasteiger partial charge in [0.2, 0.25) is 0 Å². The molecule has 0 atom stereocenters. The van der Waals surface area contributed by atoms with Crippen LogP contribution in [0.3, 0.4) is 0 Å². The van der Waals surface area contributed by atoms with Crippen LogP contribution in [-0.4, -0.2) is 15.4 Å². The molecule has 3 aliphatic carbocycles. The second-order valence-electron chi connectivity index (χ2n) is 10.6. The maximum Gasteiger partial charge on any atom is 0.193 e. The van der Waals surface area contributed by atoms with E-state index in [0.29, 0.717) is 0 Å². The minimum atomic E-state index is -1.60. The van der Waals surface area contributed by atoms with E-state index in [1.165, 1.54) is 134 Å². The smallest absolute Gasteiger partial charge is 0.193 e. The summed E-state index contributed by atoms with van der Waals surface area (Å²) in [4.78, 5) is 0. The van der Waals surface area contributed by atoms with Crippen LogP contribution in [0.15, 0.2) is 0 Å². The van der Waals surface area contributed by atoms with Crippen molar-refractivity contribution < 1.29 is 4.43 Å². The first-order valence-corrected chi connectivity index (χ1v) is 15.4. The minimum absolute atomic E-state index is 0.996. The molecule has 0 saturated heterocycles. The molecule has 0 aromatic heterocycles. The lowest BCUT2D eigenvalue weighted by molar-refractivity contribution is 0.334. The molecule has 2 heteroatoms. The summed E-state index contributed by atoms with van der Waals surface area (Å²) in [7, 11) is 0.536. The Morgan fingerprint density at radius 2 is 0.741 bits per heavy atom. The molecule has 3 fully saturated rings. The van der Waals surface area contributed by atoms with Gasteiger partial charge < -0.3 is 4.43 Å². The molecular weight excluding hydrogens is 344 g/mol. The molecule has 158 valence electrons. The van der Waals surface area contributed by atoms with Crippen molar-refractivity contribution in [1.82, 2.24) is 0 Å². The highest BCUT2D eigenvalue weighted by atomic mass is 28.4. The van der Waals surface area contributed by atoms with Gasteiger partial charge in [-0.05, 0) is 35.9 Å². The predicted octanol–water partition coefficient (Wildman–Crippen LogP) is 8.49. The monoisotopic (exact) mass is 392 g/mol. The second-order valence-corrected chi connectivity index (χ2v) is 14.6. The Labute approximate surface area is 171 Å². The summed E-state index contributed by atoms with van der Waals surface area (Å²) >= 11 is 0.